The Hall–Kier alpha value is -0.770. The molecule has 0 unspecified atom stereocenters. The quantitative estimate of drug-likeness (QED) is 0.705. The van der Waals surface area contributed by atoms with Gasteiger partial charge in [0.15, 0.2) is 0 Å². The van der Waals surface area contributed by atoms with Crippen LogP contribution in [-0.4, -0.2) is 18.1 Å². The summed E-state index contributed by atoms with van der Waals surface area (Å²) in [6.07, 6.45) is 1.58. The van der Waals surface area contributed by atoms with Crippen molar-refractivity contribution in [3.05, 3.63) is 22.4 Å². The summed E-state index contributed by atoms with van der Waals surface area (Å²) in [7, 11) is 1.35. The first kappa shape index (κ1) is 7.34. The molecule has 1 heterocycles. The molecule has 1 rings (SSSR count). The number of nitrogens with one attached hydrogen (secondary N) is 1. The van der Waals surface area contributed by atoms with Gasteiger partial charge in [-0.3, -0.25) is 0 Å². The van der Waals surface area contributed by atoms with Crippen molar-refractivity contribution >= 4 is 21.9 Å². The Bertz CT molecular complexity index is 244. The molecule has 0 radical (unpaired) electrons. The molecule has 0 amide bonds. The maximum Gasteiger partial charge on any atom is 0.339 e. The van der Waals surface area contributed by atoms with Gasteiger partial charge in [0.05, 0.1) is 17.3 Å². The Kier molecular flexibility index (Phi) is 2.11. The molecule has 3 nitrogen and oxygen atoms in total. The lowest BCUT2D eigenvalue weighted by Crippen LogP contribution is -1.98. The lowest BCUT2D eigenvalue weighted by atomic mass is 10.3. The van der Waals surface area contributed by atoms with Crippen LogP contribution in [0.4, 0.5) is 0 Å². The van der Waals surface area contributed by atoms with Gasteiger partial charge < -0.3 is 9.72 Å². The summed E-state index contributed by atoms with van der Waals surface area (Å²) in [6, 6.07) is 1.66. The third kappa shape index (κ3) is 1.39. The largest absolute Gasteiger partial charge is 0.465 e. The molecule has 0 aliphatic rings. The molecule has 0 aliphatic carbocycles. The maximum absolute atomic E-state index is 10.8. The van der Waals surface area contributed by atoms with Gasteiger partial charge in [0.1, 0.15) is 0 Å². The van der Waals surface area contributed by atoms with Gasteiger partial charge in [0, 0.05) is 6.20 Å². The number of H-pyrrole nitrogens is 1. The van der Waals surface area contributed by atoms with Crippen molar-refractivity contribution in [2.75, 3.05) is 7.11 Å². The molecular weight excluding hydrogens is 198 g/mol. The summed E-state index contributed by atoms with van der Waals surface area (Å²) in [4.78, 5) is 13.6. The number of methoxy groups -OCH3 is 1. The number of aromatic nitrogens is 1. The molecule has 0 aliphatic heterocycles. The highest BCUT2D eigenvalue weighted by Gasteiger charge is 2.05. The van der Waals surface area contributed by atoms with Gasteiger partial charge in [-0.25, -0.2) is 4.79 Å². The van der Waals surface area contributed by atoms with E-state index in [0.29, 0.717) is 5.56 Å². The van der Waals surface area contributed by atoms with Crippen LogP contribution in [0.15, 0.2) is 16.9 Å². The van der Waals surface area contributed by atoms with E-state index in [0.717, 1.165) is 4.60 Å². The SMILES string of the molecule is COC(=O)c1c[nH]c(Br)c1. The average Bonchev–Trinajstić information content (AvgIpc) is 2.34. The molecule has 0 spiro atoms. The number of carbonyl (C=O) groups is 1. The first-order valence-electron chi connectivity index (χ1n) is 2.66. The highest BCUT2D eigenvalue weighted by molar-refractivity contribution is 9.10. The number of halogens is 1. The molecule has 54 valence electrons. The van der Waals surface area contributed by atoms with Crippen LogP contribution in [0.5, 0.6) is 0 Å². The van der Waals surface area contributed by atoms with Crippen LogP contribution < -0.4 is 0 Å². The van der Waals surface area contributed by atoms with Gasteiger partial charge in [-0.2, -0.15) is 0 Å². The van der Waals surface area contributed by atoms with Crippen LogP contribution in [0.25, 0.3) is 0 Å². The first-order valence-corrected chi connectivity index (χ1v) is 3.45. The number of esters is 1. The predicted molar refractivity (Wildman–Crippen MR) is 39.8 cm³/mol. The van der Waals surface area contributed by atoms with Crippen molar-refractivity contribution < 1.29 is 9.53 Å². The summed E-state index contributed by atoms with van der Waals surface area (Å²) in [5.74, 6) is -0.332. The fraction of sp³-hybridized carbons (Fsp3) is 0.167. The number of aromatic amines is 1. The molecule has 0 atom stereocenters. The molecular formula is C6H6BrNO2. The third-order valence-corrected chi connectivity index (χ3v) is 1.53. The molecule has 4 heteroatoms. The van der Waals surface area contributed by atoms with E-state index in [9.17, 15) is 4.79 Å². The lowest BCUT2D eigenvalue weighted by molar-refractivity contribution is 0.0601. The second-order valence-electron chi connectivity index (χ2n) is 1.73. The summed E-state index contributed by atoms with van der Waals surface area (Å²) >= 11 is 3.17. The molecule has 1 N–H and O–H groups in total. The van der Waals surface area contributed by atoms with E-state index in [2.05, 4.69) is 25.7 Å². The minimum atomic E-state index is -0.332. The monoisotopic (exact) mass is 203 g/mol. The summed E-state index contributed by atoms with van der Waals surface area (Å²) in [5, 5.41) is 0. The molecule has 0 aromatic carbocycles. The highest BCUT2D eigenvalue weighted by atomic mass is 79.9. The Labute approximate surface area is 66.5 Å². The van der Waals surface area contributed by atoms with E-state index >= 15 is 0 Å². The molecule has 1 aromatic heterocycles. The molecule has 0 saturated carbocycles. The Morgan fingerprint density at radius 3 is 2.90 bits per heavy atom. The van der Waals surface area contributed by atoms with Crippen LogP contribution >= 0.6 is 15.9 Å². The number of hydrogen-bond donors (Lipinski definition) is 1. The standard InChI is InChI=1S/C6H6BrNO2/c1-10-6(9)4-2-5(7)8-3-4/h2-3,8H,1H3. The lowest BCUT2D eigenvalue weighted by Gasteiger charge is -1.90. The van der Waals surface area contributed by atoms with Crippen molar-refractivity contribution in [2.24, 2.45) is 0 Å². The van der Waals surface area contributed by atoms with Gasteiger partial charge in [0.2, 0.25) is 0 Å². The Morgan fingerprint density at radius 1 is 1.80 bits per heavy atom. The van der Waals surface area contributed by atoms with Gasteiger partial charge in [-0.1, -0.05) is 0 Å². The zero-order valence-corrected chi connectivity index (χ0v) is 6.94. The van der Waals surface area contributed by atoms with Gasteiger partial charge in [-0.05, 0) is 22.0 Å². The van der Waals surface area contributed by atoms with E-state index in [1.165, 1.54) is 7.11 Å². The van der Waals surface area contributed by atoms with Gasteiger partial charge in [0.25, 0.3) is 0 Å². The van der Waals surface area contributed by atoms with Gasteiger partial charge >= 0.3 is 5.97 Å². The fourth-order valence-corrected chi connectivity index (χ4v) is 0.963. The maximum atomic E-state index is 10.8. The highest BCUT2D eigenvalue weighted by Crippen LogP contribution is 2.09. The van der Waals surface area contributed by atoms with Crippen LogP contribution in [0.2, 0.25) is 0 Å². The fourth-order valence-electron chi connectivity index (χ4n) is 0.602. The van der Waals surface area contributed by atoms with Crippen molar-refractivity contribution in [3.63, 3.8) is 0 Å². The minimum absolute atomic E-state index is 0.332. The summed E-state index contributed by atoms with van der Waals surface area (Å²) in [6.45, 7) is 0. The van der Waals surface area contributed by atoms with E-state index in [1.54, 1.807) is 12.3 Å². The predicted octanol–water partition coefficient (Wildman–Crippen LogP) is 1.56. The summed E-state index contributed by atoms with van der Waals surface area (Å²) < 4.78 is 5.24. The molecule has 0 fully saturated rings. The van der Waals surface area contributed by atoms with Crippen LogP contribution in [-0.2, 0) is 4.74 Å². The van der Waals surface area contributed by atoms with Crippen molar-refractivity contribution in [1.82, 2.24) is 4.98 Å². The van der Waals surface area contributed by atoms with E-state index in [4.69, 9.17) is 0 Å². The molecule has 0 saturated heterocycles. The molecule has 1 aromatic rings. The van der Waals surface area contributed by atoms with Crippen molar-refractivity contribution in [1.29, 1.82) is 0 Å². The van der Waals surface area contributed by atoms with Gasteiger partial charge in [-0.15, -0.1) is 0 Å². The zero-order chi connectivity index (χ0) is 7.56. The number of carbonyl (C=O) groups excluding carboxylic acids is 1. The van der Waals surface area contributed by atoms with Crippen molar-refractivity contribution in [3.8, 4) is 0 Å². The second kappa shape index (κ2) is 2.88. The van der Waals surface area contributed by atoms with Crippen LogP contribution in [0.1, 0.15) is 10.4 Å². The smallest absolute Gasteiger partial charge is 0.339 e. The number of ether oxygens (including phenoxy) is 1. The van der Waals surface area contributed by atoms with E-state index in [-0.39, 0.29) is 5.97 Å². The topological polar surface area (TPSA) is 42.1 Å². The summed E-state index contributed by atoms with van der Waals surface area (Å²) in [5.41, 5.74) is 0.523. The number of rotatable bonds is 1. The molecule has 0 bridgehead atoms. The average molecular weight is 204 g/mol. The zero-order valence-electron chi connectivity index (χ0n) is 5.35. The van der Waals surface area contributed by atoms with Crippen LogP contribution in [0.3, 0.4) is 0 Å². The van der Waals surface area contributed by atoms with Crippen molar-refractivity contribution in [2.45, 2.75) is 0 Å². The van der Waals surface area contributed by atoms with E-state index < -0.39 is 0 Å². The third-order valence-electron chi connectivity index (χ3n) is 1.07. The Morgan fingerprint density at radius 2 is 2.50 bits per heavy atom. The second-order valence-corrected chi connectivity index (χ2v) is 2.58. The number of hydrogen-bond acceptors (Lipinski definition) is 2. The molecule has 10 heavy (non-hydrogen) atoms. The normalized spacial score (nSPS) is 9.40. The van der Waals surface area contributed by atoms with E-state index in [1.807, 2.05) is 0 Å². The minimum Gasteiger partial charge on any atom is -0.465 e. The van der Waals surface area contributed by atoms with Crippen LogP contribution in [0, 0.1) is 0 Å². The Balaban J connectivity index is 2.85. The first-order chi connectivity index (χ1) is 4.74.